The topological polar surface area (TPSA) is 0 Å². The van der Waals surface area contributed by atoms with Crippen LogP contribution in [0, 0.1) is 34.5 Å². The van der Waals surface area contributed by atoms with E-state index in [9.17, 15) is 0 Å². The highest BCUT2D eigenvalue weighted by molar-refractivity contribution is 5.12. The maximum atomic E-state index is 4.25. The van der Waals surface area contributed by atoms with E-state index in [4.69, 9.17) is 0 Å². The van der Waals surface area contributed by atoms with Crippen molar-refractivity contribution in [2.75, 3.05) is 0 Å². The molecule has 0 saturated heterocycles. The monoisotopic (exact) mass is 272 g/mol. The zero-order valence-electron chi connectivity index (χ0n) is 13.4. The number of hydrogen-bond acceptors (Lipinski definition) is 0. The molecule has 0 aliphatic heterocycles. The zero-order valence-corrected chi connectivity index (χ0v) is 13.4. The molecule has 0 N–H and O–H groups in total. The lowest BCUT2D eigenvalue weighted by Crippen LogP contribution is -2.51. The minimum absolute atomic E-state index is 0.555. The Bertz CT molecular complexity index is 397. The van der Waals surface area contributed by atoms with Crippen LogP contribution >= 0.6 is 0 Å². The van der Waals surface area contributed by atoms with Gasteiger partial charge >= 0.3 is 0 Å². The van der Waals surface area contributed by atoms with Gasteiger partial charge in [0.1, 0.15) is 0 Å². The molecule has 0 spiro atoms. The van der Waals surface area contributed by atoms with E-state index >= 15 is 0 Å². The Balaban J connectivity index is 1.65. The van der Waals surface area contributed by atoms with Gasteiger partial charge in [0.15, 0.2) is 0 Å². The highest BCUT2D eigenvalue weighted by Crippen LogP contribution is 2.66. The van der Waals surface area contributed by atoms with Crippen molar-refractivity contribution in [1.82, 2.24) is 0 Å². The Hall–Kier alpha value is -0.260. The van der Waals surface area contributed by atoms with E-state index < -0.39 is 0 Å². The maximum absolute atomic E-state index is 4.25. The summed E-state index contributed by atoms with van der Waals surface area (Å²) in [6.45, 7) is 6.94. The molecule has 0 amide bonds. The lowest BCUT2D eigenvalue weighted by atomic mass is 9.45. The number of allylic oxidation sites excluding steroid dienone is 1. The van der Waals surface area contributed by atoms with Crippen LogP contribution in [0.2, 0.25) is 0 Å². The first-order chi connectivity index (χ1) is 9.70. The number of hydrogen-bond donors (Lipinski definition) is 0. The van der Waals surface area contributed by atoms with E-state index in [-0.39, 0.29) is 0 Å². The summed E-state index contributed by atoms with van der Waals surface area (Å²) in [5.74, 6) is 4.16. The predicted molar refractivity (Wildman–Crippen MR) is 85.5 cm³/mol. The minimum Gasteiger partial charge on any atom is -0.103 e. The van der Waals surface area contributed by atoms with E-state index in [1.165, 1.54) is 57.8 Å². The molecule has 0 aromatic heterocycles. The van der Waals surface area contributed by atoms with E-state index in [1.807, 2.05) is 0 Å². The molecule has 0 nitrogen and oxygen atoms in total. The van der Waals surface area contributed by atoms with Crippen molar-refractivity contribution >= 4 is 0 Å². The second kappa shape index (κ2) is 4.62. The summed E-state index contributed by atoms with van der Waals surface area (Å²) in [5.41, 5.74) is 1.26. The third kappa shape index (κ3) is 1.66. The van der Waals surface area contributed by atoms with Crippen LogP contribution in [0.1, 0.15) is 77.6 Å². The summed E-state index contributed by atoms with van der Waals surface area (Å²) < 4.78 is 0. The smallest absolute Gasteiger partial charge is 0.00898 e. The van der Waals surface area contributed by atoms with Crippen LogP contribution in [0.4, 0.5) is 0 Å². The van der Waals surface area contributed by atoms with Gasteiger partial charge in [-0.1, -0.05) is 32.3 Å². The first kappa shape index (κ1) is 13.4. The summed E-state index contributed by atoms with van der Waals surface area (Å²) >= 11 is 0. The van der Waals surface area contributed by atoms with Crippen molar-refractivity contribution in [2.45, 2.75) is 77.6 Å². The summed E-state index contributed by atoms with van der Waals surface area (Å²) in [6, 6.07) is 0. The van der Waals surface area contributed by atoms with Gasteiger partial charge in [-0.25, -0.2) is 0 Å². The average molecular weight is 272 g/mol. The van der Waals surface area contributed by atoms with Gasteiger partial charge in [0, 0.05) is 0 Å². The van der Waals surface area contributed by atoms with Crippen molar-refractivity contribution in [3.63, 3.8) is 0 Å². The highest BCUT2D eigenvalue weighted by atomic mass is 14.6. The summed E-state index contributed by atoms with van der Waals surface area (Å²) in [4.78, 5) is 0. The van der Waals surface area contributed by atoms with Gasteiger partial charge in [-0.05, 0) is 85.9 Å². The molecule has 4 aliphatic rings. The van der Waals surface area contributed by atoms with Gasteiger partial charge in [0.25, 0.3) is 0 Å². The average Bonchev–Trinajstić information content (AvgIpc) is 2.91. The van der Waals surface area contributed by atoms with Crippen molar-refractivity contribution in [2.24, 2.45) is 34.5 Å². The maximum Gasteiger partial charge on any atom is -0.00898 e. The predicted octanol–water partition coefficient (Wildman–Crippen LogP) is 5.98. The Morgan fingerprint density at radius 3 is 2.60 bits per heavy atom. The van der Waals surface area contributed by atoms with Crippen LogP contribution in [0.15, 0.2) is 12.7 Å². The van der Waals surface area contributed by atoms with Crippen LogP contribution < -0.4 is 0 Å². The van der Waals surface area contributed by atoms with Gasteiger partial charge in [-0.15, -0.1) is 6.58 Å². The summed E-state index contributed by atoms with van der Waals surface area (Å²) in [5, 5.41) is 0. The fourth-order valence-corrected chi connectivity index (χ4v) is 7.36. The van der Waals surface area contributed by atoms with Crippen LogP contribution in [0.3, 0.4) is 0 Å². The molecule has 112 valence electrons. The molecule has 0 heterocycles. The van der Waals surface area contributed by atoms with Crippen molar-refractivity contribution in [1.29, 1.82) is 0 Å². The summed E-state index contributed by atoms with van der Waals surface area (Å²) in [6.07, 6.45) is 19.0. The van der Waals surface area contributed by atoms with Crippen molar-refractivity contribution in [3.8, 4) is 0 Å². The molecule has 4 saturated carbocycles. The molecule has 20 heavy (non-hydrogen) atoms. The van der Waals surface area contributed by atoms with Crippen LogP contribution in [-0.4, -0.2) is 0 Å². The molecule has 4 fully saturated rings. The first-order valence-corrected chi connectivity index (χ1v) is 9.33. The lowest BCUT2D eigenvalue weighted by molar-refractivity contribution is -0.0966. The molecule has 0 aromatic carbocycles. The SMILES string of the molecule is C=C[C@@]12CCC[C@H]1[C@@H]1CCC3CCCC[C@]3(C)[C@H]1CC2. The highest BCUT2D eigenvalue weighted by Gasteiger charge is 2.57. The van der Waals surface area contributed by atoms with Gasteiger partial charge < -0.3 is 0 Å². The molecule has 4 aliphatic carbocycles. The Morgan fingerprint density at radius 1 is 0.850 bits per heavy atom. The normalized spacial score (nSPS) is 54.6. The molecule has 4 rings (SSSR count). The van der Waals surface area contributed by atoms with Crippen molar-refractivity contribution in [3.05, 3.63) is 12.7 Å². The van der Waals surface area contributed by atoms with E-state index in [2.05, 4.69) is 19.6 Å². The second-order valence-corrected chi connectivity index (χ2v) is 8.77. The lowest BCUT2D eigenvalue weighted by Gasteiger charge is -2.60. The standard InChI is InChI=1S/C20H32/c1-3-20-13-6-8-18(20)16-10-9-15-7-4-5-12-19(15,2)17(16)11-14-20/h3,15-18H,1,4-14H2,2H3/t15?,16-,17+,18+,19+,20+/m1/s1. The minimum atomic E-state index is 0.555. The quantitative estimate of drug-likeness (QED) is 0.515. The molecule has 1 unspecified atom stereocenters. The molecule has 0 radical (unpaired) electrons. The van der Waals surface area contributed by atoms with Gasteiger partial charge in [-0.3, -0.25) is 0 Å². The molecular weight excluding hydrogens is 240 g/mol. The largest absolute Gasteiger partial charge is 0.103 e. The van der Waals surface area contributed by atoms with Crippen LogP contribution in [-0.2, 0) is 0 Å². The third-order valence-corrected chi connectivity index (χ3v) is 8.40. The van der Waals surface area contributed by atoms with E-state index in [0.717, 1.165) is 23.7 Å². The Morgan fingerprint density at radius 2 is 1.75 bits per heavy atom. The number of rotatable bonds is 1. The first-order valence-electron chi connectivity index (χ1n) is 9.33. The van der Waals surface area contributed by atoms with Gasteiger partial charge in [0.05, 0.1) is 0 Å². The number of fused-ring (bicyclic) bond motifs is 5. The molecule has 0 bridgehead atoms. The summed E-state index contributed by atoms with van der Waals surface area (Å²) in [7, 11) is 0. The van der Waals surface area contributed by atoms with E-state index in [1.54, 1.807) is 12.8 Å². The van der Waals surface area contributed by atoms with Crippen LogP contribution in [0.5, 0.6) is 0 Å². The van der Waals surface area contributed by atoms with Crippen LogP contribution in [0.25, 0.3) is 0 Å². The zero-order chi connectivity index (χ0) is 13.8. The molecule has 0 heteroatoms. The molecule has 6 atom stereocenters. The van der Waals surface area contributed by atoms with Gasteiger partial charge in [-0.2, -0.15) is 0 Å². The van der Waals surface area contributed by atoms with Gasteiger partial charge in [0.2, 0.25) is 0 Å². The fourth-order valence-electron chi connectivity index (χ4n) is 7.36. The van der Waals surface area contributed by atoms with Crippen molar-refractivity contribution < 1.29 is 0 Å². The van der Waals surface area contributed by atoms with E-state index in [0.29, 0.717) is 10.8 Å². The third-order valence-electron chi connectivity index (χ3n) is 8.40. The Labute approximate surface area is 125 Å². The fraction of sp³-hybridized carbons (Fsp3) is 0.900. The Kier molecular flexibility index (Phi) is 3.09. The second-order valence-electron chi connectivity index (χ2n) is 8.77. The molecule has 0 aromatic rings. The molecular formula is C20H32.